The molecule has 1 amide bonds. The SMILES string of the molecule is CCOC(=O)C(CCc1ccccc1)NCC(=O)N(CC(=O)O)C1CCc2ccccc21. The van der Waals surface area contributed by atoms with Crippen LogP contribution in [0.2, 0.25) is 0 Å². The van der Waals surface area contributed by atoms with Crippen molar-refractivity contribution in [2.75, 3.05) is 19.7 Å². The number of carboxylic acids is 1. The molecular weight excluding hydrogens is 408 g/mol. The van der Waals surface area contributed by atoms with E-state index in [0.717, 1.165) is 23.1 Å². The van der Waals surface area contributed by atoms with Gasteiger partial charge in [0.15, 0.2) is 0 Å². The normalized spacial score (nSPS) is 15.6. The highest BCUT2D eigenvalue weighted by atomic mass is 16.5. The van der Waals surface area contributed by atoms with Crippen LogP contribution in [-0.4, -0.2) is 53.6 Å². The highest BCUT2D eigenvalue weighted by Crippen LogP contribution is 2.35. The molecule has 2 atom stereocenters. The molecule has 0 saturated carbocycles. The number of carboxylic acid groups (broad SMARTS) is 1. The van der Waals surface area contributed by atoms with Gasteiger partial charge < -0.3 is 14.7 Å². The third-order valence-corrected chi connectivity index (χ3v) is 5.74. The lowest BCUT2D eigenvalue weighted by atomic mass is 10.0. The number of carbonyl (C=O) groups excluding carboxylic acids is 2. The average molecular weight is 439 g/mol. The van der Waals surface area contributed by atoms with Crippen molar-refractivity contribution in [3.8, 4) is 0 Å². The molecule has 0 radical (unpaired) electrons. The van der Waals surface area contributed by atoms with Crippen molar-refractivity contribution < 1.29 is 24.2 Å². The number of amides is 1. The quantitative estimate of drug-likeness (QED) is 0.524. The van der Waals surface area contributed by atoms with Crippen molar-refractivity contribution in [3.05, 3.63) is 71.3 Å². The van der Waals surface area contributed by atoms with E-state index in [1.807, 2.05) is 54.6 Å². The van der Waals surface area contributed by atoms with E-state index in [1.54, 1.807) is 6.92 Å². The standard InChI is InChI=1S/C25H30N2O5/c1-2-32-25(31)21(14-12-18-8-4-3-5-9-18)26-16-23(28)27(17-24(29)30)22-15-13-19-10-6-7-11-20(19)22/h3-11,21-22,26H,2,12-17H2,1H3,(H,29,30). The van der Waals surface area contributed by atoms with Gasteiger partial charge in [-0.3, -0.25) is 19.7 Å². The van der Waals surface area contributed by atoms with E-state index < -0.39 is 18.0 Å². The maximum absolute atomic E-state index is 13.1. The van der Waals surface area contributed by atoms with E-state index >= 15 is 0 Å². The highest BCUT2D eigenvalue weighted by molar-refractivity contribution is 5.84. The van der Waals surface area contributed by atoms with Gasteiger partial charge in [-0.25, -0.2) is 0 Å². The molecule has 2 N–H and O–H groups in total. The van der Waals surface area contributed by atoms with E-state index in [1.165, 1.54) is 4.90 Å². The van der Waals surface area contributed by atoms with Crippen LogP contribution < -0.4 is 5.32 Å². The van der Waals surface area contributed by atoms with Gasteiger partial charge in [-0.2, -0.15) is 0 Å². The predicted molar refractivity (Wildman–Crippen MR) is 120 cm³/mol. The molecule has 0 fully saturated rings. The first-order chi connectivity index (χ1) is 15.5. The topological polar surface area (TPSA) is 95.9 Å². The Bertz CT molecular complexity index is 931. The number of fused-ring (bicyclic) bond motifs is 1. The fourth-order valence-electron chi connectivity index (χ4n) is 4.19. The lowest BCUT2D eigenvalue weighted by Crippen LogP contribution is -2.47. The molecule has 0 aromatic heterocycles. The summed E-state index contributed by atoms with van der Waals surface area (Å²) in [7, 11) is 0. The maximum Gasteiger partial charge on any atom is 0.323 e. The molecule has 3 rings (SSSR count). The molecule has 2 aromatic rings. The Morgan fingerprint density at radius 1 is 1.12 bits per heavy atom. The van der Waals surface area contributed by atoms with Crippen LogP contribution in [0.15, 0.2) is 54.6 Å². The zero-order chi connectivity index (χ0) is 22.9. The molecule has 2 unspecified atom stereocenters. The van der Waals surface area contributed by atoms with Gasteiger partial charge in [-0.05, 0) is 49.3 Å². The molecule has 7 heteroatoms. The van der Waals surface area contributed by atoms with E-state index in [-0.39, 0.29) is 31.6 Å². The summed E-state index contributed by atoms with van der Waals surface area (Å²) >= 11 is 0. The van der Waals surface area contributed by atoms with Gasteiger partial charge in [0.2, 0.25) is 5.91 Å². The molecule has 1 aliphatic rings. The van der Waals surface area contributed by atoms with Crippen LogP contribution in [0.25, 0.3) is 0 Å². The van der Waals surface area contributed by atoms with Crippen LogP contribution in [0, 0.1) is 0 Å². The van der Waals surface area contributed by atoms with Crippen molar-refractivity contribution in [3.63, 3.8) is 0 Å². The van der Waals surface area contributed by atoms with Crippen molar-refractivity contribution >= 4 is 17.8 Å². The van der Waals surface area contributed by atoms with Crippen molar-refractivity contribution in [1.82, 2.24) is 10.2 Å². The van der Waals surface area contributed by atoms with Crippen molar-refractivity contribution in [2.45, 2.75) is 44.7 Å². The monoisotopic (exact) mass is 438 g/mol. The van der Waals surface area contributed by atoms with Gasteiger partial charge in [0.25, 0.3) is 0 Å². The molecule has 0 aliphatic heterocycles. The maximum atomic E-state index is 13.1. The second-order valence-electron chi connectivity index (χ2n) is 7.88. The molecule has 0 heterocycles. The van der Waals surface area contributed by atoms with Crippen LogP contribution in [0.1, 0.15) is 42.5 Å². The molecule has 0 spiro atoms. The van der Waals surface area contributed by atoms with Gasteiger partial charge in [0.1, 0.15) is 12.6 Å². The second-order valence-corrected chi connectivity index (χ2v) is 7.88. The molecule has 2 aromatic carbocycles. The van der Waals surface area contributed by atoms with Gasteiger partial charge in [0, 0.05) is 0 Å². The van der Waals surface area contributed by atoms with E-state index in [9.17, 15) is 19.5 Å². The number of esters is 1. The Labute approximate surface area is 188 Å². The number of ether oxygens (including phenoxy) is 1. The Balaban J connectivity index is 1.67. The van der Waals surface area contributed by atoms with Crippen molar-refractivity contribution in [2.24, 2.45) is 0 Å². The Kier molecular flexibility index (Phi) is 8.39. The number of nitrogens with one attached hydrogen (secondary N) is 1. The second kappa shape index (κ2) is 11.4. The van der Waals surface area contributed by atoms with Crippen LogP contribution in [0.3, 0.4) is 0 Å². The minimum absolute atomic E-state index is 0.135. The van der Waals surface area contributed by atoms with Crippen LogP contribution in [-0.2, 0) is 32.0 Å². The molecule has 0 bridgehead atoms. The number of hydrogen-bond acceptors (Lipinski definition) is 5. The molecule has 1 aliphatic carbocycles. The summed E-state index contributed by atoms with van der Waals surface area (Å²) in [6, 6.07) is 16.7. The Morgan fingerprint density at radius 2 is 1.84 bits per heavy atom. The zero-order valence-electron chi connectivity index (χ0n) is 18.3. The summed E-state index contributed by atoms with van der Waals surface area (Å²) in [5.41, 5.74) is 3.22. The molecular formula is C25H30N2O5. The third-order valence-electron chi connectivity index (χ3n) is 5.74. The van der Waals surface area contributed by atoms with Crippen molar-refractivity contribution in [1.29, 1.82) is 0 Å². The van der Waals surface area contributed by atoms with E-state index in [4.69, 9.17) is 4.74 Å². The van der Waals surface area contributed by atoms with Crippen LogP contribution in [0.5, 0.6) is 0 Å². The molecule has 32 heavy (non-hydrogen) atoms. The summed E-state index contributed by atoms with van der Waals surface area (Å²) in [5.74, 6) is -1.82. The first-order valence-corrected chi connectivity index (χ1v) is 11.0. The van der Waals surface area contributed by atoms with Gasteiger partial charge in [-0.1, -0.05) is 54.6 Å². The summed E-state index contributed by atoms with van der Waals surface area (Å²) < 4.78 is 5.18. The van der Waals surface area contributed by atoms with Crippen LogP contribution >= 0.6 is 0 Å². The molecule has 7 nitrogen and oxygen atoms in total. The van der Waals surface area contributed by atoms with E-state index in [0.29, 0.717) is 19.3 Å². The van der Waals surface area contributed by atoms with Gasteiger partial charge in [0.05, 0.1) is 19.2 Å². The minimum Gasteiger partial charge on any atom is -0.480 e. The highest BCUT2D eigenvalue weighted by Gasteiger charge is 2.32. The first-order valence-electron chi connectivity index (χ1n) is 11.0. The van der Waals surface area contributed by atoms with Gasteiger partial charge in [-0.15, -0.1) is 0 Å². The Hall–Kier alpha value is -3.19. The predicted octanol–water partition coefficient (Wildman–Crippen LogP) is 2.74. The number of carbonyl (C=O) groups is 3. The van der Waals surface area contributed by atoms with E-state index in [2.05, 4.69) is 5.32 Å². The zero-order valence-corrected chi connectivity index (χ0v) is 18.3. The average Bonchev–Trinajstić information content (AvgIpc) is 3.22. The minimum atomic E-state index is -1.06. The summed E-state index contributed by atoms with van der Waals surface area (Å²) in [6.45, 7) is 1.47. The lowest BCUT2D eigenvalue weighted by Gasteiger charge is -2.29. The van der Waals surface area contributed by atoms with Crippen LogP contribution in [0.4, 0.5) is 0 Å². The Morgan fingerprint density at radius 3 is 2.56 bits per heavy atom. The van der Waals surface area contributed by atoms with Gasteiger partial charge >= 0.3 is 11.9 Å². The molecule has 0 saturated heterocycles. The summed E-state index contributed by atoms with van der Waals surface area (Å²) in [6.07, 6.45) is 2.62. The summed E-state index contributed by atoms with van der Waals surface area (Å²) in [4.78, 5) is 38.4. The number of benzene rings is 2. The fraction of sp³-hybridized carbons (Fsp3) is 0.400. The number of hydrogen-bond donors (Lipinski definition) is 2. The number of aryl methyl sites for hydroxylation is 2. The number of rotatable bonds is 11. The third kappa shape index (κ3) is 6.17. The number of aliphatic carboxylic acids is 1. The number of nitrogens with zero attached hydrogens (tertiary/aromatic N) is 1. The lowest BCUT2D eigenvalue weighted by molar-refractivity contribution is -0.148. The first kappa shape index (κ1) is 23.5. The fourth-order valence-corrected chi connectivity index (χ4v) is 4.19. The largest absolute Gasteiger partial charge is 0.480 e. The molecule has 170 valence electrons. The summed E-state index contributed by atoms with van der Waals surface area (Å²) in [5, 5.41) is 12.4. The smallest absolute Gasteiger partial charge is 0.323 e.